The molecule has 0 unspecified atom stereocenters. The predicted octanol–water partition coefficient (Wildman–Crippen LogP) is 5.16. The first-order valence-electron chi connectivity index (χ1n) is 9.93. The van der Waals surface area contributed by atoms with E-state index in [4.69, 9.17) is 9.47 Å². The van der Waals surface area contributed by atoms with E-state index in [1.807, 2.05) is 6.07 Å². The molecule has 0 atom stereocenters. The van der Waals surface area contributed by atoms with Crippen LogP contribution in [-0.4, -0.2) is 25.5 Å². The van der Waals surface area contributed by atoms with Gasteiger partial charge in [-0.05, 0) is 72.8 Å². The van der Waals surface area contributed by atoms with Crippen LogP contribution in [0.4, 0.5) is 15.8 Å². The molecular weight excluding hydrogens is 505 g/mol. The highest BCUT2D eigenvalue weighted by atomic mass is 79.9. The topological polar surface area (TPSA) is 100 Å². The Hall–Kier alpha value is -4.16. The average molecular weight is 524 g/mol. The summed E-state index contributed by atoms with van der Waals surface area (Å²) in [6, 6.07) is 18.8. The summed E-state index contributed by atoms with van der Waals surface area (Å²) in [5, 5.41) is 14.7. The molecule has 0 radical (unpaired) electrons. The first-order valence-corrected chi connectivity index (χ1v) is 10.7. The second-order valence-electron chi connectivity index (χ2n) is 6.88. The molecule has 0 aromatic heterocycles. The van der Waals surface area contributed by atoms with Gasteiger partial charge in [0.2, 0.25) is 0 Å². The molecule has 0 bridgehead atoms. The highest BCUT2D eigenvalue weighted by Gasteiger charge is 2.13. The van der Waals surface area contributed by atoms with Crippen molar-refractivity contribution in [3.05, 3.63) is 88.2 Å². The SMILES string of the molecule is COc1ccc(NC(=O)COc2ccc(Br)cc2/C=C(\C#N)C(=O)Nc2ccc(F)cc2)cc1. The molecule has 0 fully saturated rings. The molecule has 3 rings (SSSR count). The highest BCUT2D eigenvalue weighted by Crippen LogP contribution is 2.26. The molecule has 0 heterocycles. The van der Waals surface area contributed by atoms with Crippen molar-refractivity contribution in [2.24, 2.45) is 0 Å². The maximum absolute atomic E-state index is 13.1. The van der Waals surface area contributed by atoms with Gasteiger partial charge in [-0.3, -0.25) is 9.59 Å². The maximum Gasteiger partial charge on any atom is 0.266 e. The number of hydrogen-bond acceptors (Lipinski definition) is 5. The van der Waals surface area contributed by atoms with Gasteiger partial charge in [0, 0.05) is 21.4 Å². The molecule has 172 valence electrons. The molecule has 2 amide bonds. The third-order valence-electron chi connectivity index (χ3n) is 4.47. The summed E-state index contributed by atoms with van der Waals surface area (Å²) in [7, 11) is 1.55. The van der Waals surface area contributed by atoms with Gasteiger partial charge in [-0.25, -0.2) is 4.39 Å². The molecule has 3 aromatic carbocycles. The Morgan fingerprint density at radius 2 is 1.68 bits per heavy atom. The second kappa shape index (κ2) is 11.6. The Labute approximate surface area is 203 Å². The molecule has 0 saturated carbocycles. The number of ether oxygens (including phenoxy) is 2. The zero-order valence-electron chi connectivity index (χ0n) is 18.0. The van der Waals surface area contributed by atoms with Gasteiger partial charge in [-0.15, -0.1) is 0 Å². The third kappa shape index (κ3) is 6.92. The van der Waals surface area contributed by atoms with Crippen molar-refractivity contribution in [3.63, 3.8) is 0 Å². The van der Waals surface area contributed by atoms with E-state index in [0.29, 0.717) is 32.9 Å². The minimum atomic E-state index is -0.669. The normalized spacial score (nSPS) is 10.7. The van der Waals surface area contributed by atoms with Crippen LogP contribution in [0, 0.1) is 17.1 Å². The number of rotatable bonds is 8. The molecule has 3 aromatic rings. The Morgan fingerprint density at radius 1 is 1.03 bits per heavy atom. The lowest BCUT2D eigenvalue weighted by Crippen LogP contribution is -2.20. The van der Waals surface area contributed by atoms with E-state index in [0.717, 1.165) is 0 Å². The summed E-state index contributed by atoms with van der Waals surface area (Å²) < 4.78 is 24.5. The lowest BCUT2D eigenvalue weighted by atomic mass is 10.1. The van der Waals surface area contributed by atoms with Gasteiger partial charge in [0.05, 0.1) is 7.11 Å². The van der Waals surface area contributed by atoms with Crippen molar-refractivity contribution in [1.29, 1.82) is 5.26 Å². The van der Waals surface area contributed by atoms with E-state index in [9.17, 15) is 19.2 Å². The van der Waals surface area contributed by atoms with Gasteiger partial charge in [-0.2, -0.15) is 5.26 Å². The standard InChI is InChI=1S/C25H19BrFN3O4/c1-33-22-9-7-20(8-10-22)29-24(31)15-34-23-11-2-18(26)13-16(23)12-17(14-28)25(32)30-21-5-3-19(27)4-6-21/h2-13H,15H2,1H3,(H,29,31)(H,30,32)/b17-12+. The first kappa shape index (κ1) is 24.5. The summed E-state index contributed by atoms with van der Waals surface area (Å²) in [4.78, 5) is 24.8. The number of amides is 2. The summed E-state index contributed by atoms with van der Waals surface area (Å²) in [6.45, 7) is -0.293. The van der Waals surface area contributed by atoms with Crippen molar-refractivity contribution in [2.45, 2.75) is 0 Å². The quantitative estimate of drug-likeness (QED) is 0.313. The van der Waals surface area contributed by atoms with Crippen molar-refractivity contribution in [2.75, 3.05) is 24.4 Å². The molecule has 0 aliphatic carbocycles. The molecule has 9 heteroatoms. The van der Waals surface area contributed by atoms with Crippen LogP contribution in [0.15, 0.2) is 76.8 Å². The second-order valence-corrected chi connectivity index (χ2v) is 7.79. The largest absolute Gasteiger partial charge is 0.497 e. The lowest BCUT2D eigenvalue weighted by Gasteiger charge is -2.11. The monoisotopic (exact) mass is 523 g/mol. The van der Waals surface area contributed by atoms with E-state index >= 15 is 0 Å². The molecule has 2 N–H and O–H groups in total. The fourth-order valence-corrected chi connectivity index (χ4v) is 3.19. The molecule has 7 nitrogen and oxygen atoms in total. The smallest absolute Gasteiger partial charge is 0.266 e. The molecular formula is C25H19BrFN3O4. The van der Waals surface area contributed by atoms with Crippen molar-refractivity contribution in [3.8, 4) is 17.6 Å². The van der Waals surface area contributed by atoms with Crippen LogP contribution >= 0.6 is 15.9 Å². The number of anilines is 2. The lowest BCUT2D eigenvalue weighted by molar-refractivity contribution is -0.118. The summed E-state index contributed by atoms with van der Waals surface area (Å²) in [5.41, 5.74) is 1.13. The van der Waals surface area contributed by atoms with E-state index in [-0.39, 0.29) is 12.2 Å². The first-order chi connectivity index (χ1) is 16.4. The number of nitrogens with one attached hydrogen (secondary N) is 2. The van der Waals surface area contributed by atoms with Crippen molar-refractivity contribution < 1.29 is 23.5 Å². The van der Waals surface area contributed by atoms with Gasteiger partial charge in [0.25, 0.3) is 11.8 Å². The summed E-state index contributed by atoms with van der Waals surface area (Å²) in [6.07, 6.45) is 1.35. The third-order valence-corrected chi connectivity index (χ3v) is 4.96. The van der Waals surface area contributed by atoms with Gasteiger partial charge >= 0.3 is 0 Å². The maximum atomic E-state index is 13.1. The van der Waals surface area contributed by atoms with E-state index in [1.165, 1.54) is 30.3 Å². The number of carbonyl (C=O) groups excluding carboxylic acids is 2. The fraction of sp³-hybridized carbons (Fsp3) is 0.0800. The highest BCUT2D eigenvalue weighted by molar-refractivity contribution is 9.10. The van der Waals surface area contributed by atoms with Crippen LogP contribution in [-0.2, 0) is 9.59 Å². The Balaban J connectivity index is 1.71. The van der Waals surface area contributed by atoms with Crippen LogP contribution in [0.5, 0.6) is 11.5 Å². The number of hydrogen-bond donors (Lipinski definition) is 2. The molecule has 0 spiro atoms. The van der Waals surface area contributed by atoms with Crippen molar-refractivity contribution >= 4 is 45.2 Å². The zero-order valence-corrected chi connectivity index (χ0v) is 19.6. The number of carbonyl (C=O) groups is 2. The van der Waals surface area contributed by atoms with Crippen molar-refractivity contribution in [1.82, 2.24) is 0 Å². The summed E-state index contributed by atoms with van der Waals surface area (Å²) >= 11 is 3.35. The van der Waals surface area contributed by atoms with Crippen LogP contribution in [0.25, 0.3) is 6.08 Å². The molecule has 34 heavy (non-hydrogen) atoms. The number of halogens is 2. The fourth-order valence-electron chi connectivity index (χ4n) is 2.81. The number of methoxy groups -OCH3 is 1. The number of benzene rings is 3. The van der Waals surface area contributed by atoms with Gasteiger partial charge in [0.1, 0.15) is 29.0 Å². The Morgan fingerprint density at radius 3 is 2.32 bits per heavy atom. The van der Waals surface area contributed by atoms with Crippen LogP contribution in [0.3, 0.4) is 0 Å². The Kier molecular flexibility index (Phi) is 8.37. The molecule has 0 aliphatic rings. The molecule has 0 aliphatic heterocycles. The van der Waals surface area contributed by atoms with E-state index in [1.54, 1.807) is 49.6 Å². The van der Waals surface area contributed by atoms with Crippen LogP contribution in [0.1, 0.15) is 5.56 Å². The minimum absolute atomic E-state index is 0.199. The zero-order chi connectivity index (χ0) is 24.5. The van der Waals surface area contributed by atoms with Crippen LogP contribution < -0.4 is 20.1 Å². The number of nitriles is 1. The van der Waals surface area contributed by atoms with Gasteiger partial charge in [-0.1, -0.05) is 15.9 Å². The van der Waals surface area contributed by atoms with Gasteiger partial charge < -0.3 is 20.1 Å². The van der Waals surface area contributed by atoms with E-state index < -0.39 is 17.6 Å². The average Bonchev–Trinajstić information content (AvgIpc) is 2.83. The van der Waals surface area contributed by atoms with Gasteiger partial charge in [0.15, 0.2) is 6.61 Å². The molecule has 0 saturated heterocycles. The van der Waals surface area contributed by atoms with E-state index in [2.05, 4.69) is 26.6 Å². The number of nitrogens with zero attached hydrogens (tertiary/aromatic N) is 1. The predicted molar refractivity (Wildman–Crippen MR) is 130 cm³/mol. The van der Waals surface area contributed by atoms with Crippen LogP contribution in [0.2, 0.25) is 0 Å². The Bertz CT molecular complexity index is 1250. The minimum Gasteiger partial charge on any atom is -0.497 e. The summed E-state index contributed by atoms with van der Waals surface area (Å²) in [5.74, 6) is -0.538.